The van der Waals surface area contributed by atoms with Gasteiger partial charge in [0.05, 0.1) is 10.6 Å². The van der Waals surface area contributed by atoms with Crippen molar-refractivity contribution in [3.63, 3.8) is 0 Å². The number of phenols is 1. The van der Waals surface area contributed by atoms with Crippen LogP contribution < -0.4 is 4.90 Å². The van der Waals surface area contributed by atoms with Crippen molar-refractivity contribution in [1.82, 2.24) is 0 Å². The molecule has 2 amide bonds. The molecule has 2 aromatic carbocycles. The summed E-state index contributed by atoms with van der Waals surface area (Å²) in [6, 6.07) is 13.8. The highest BCUT2D eigenvalue weighted by atomic mass is 32.2. The van der Waals surface area contributed by atoms with Crippen LogP contribution in [-0.2, 0) is 4.79 Å². The standard InChI is InChI=1S/C17H13NO3S/c1-11-5-7-12(8-6-11)9-15-16(20)18(17(21)22-15)13-3-2-4-14(19)10-13/h2-10,19H,1H3/b15-9-. The lowest BCUT2D eigenvalue weighted by atomic mass is 10.1. The largest absolute Gasteiger partial charge is 0.508 e. The van der Waals surface area contributed by atoms with Crippen LogP contribution in [-0.4, -0.2) is 16.3 Å². The second-order valence-corrected chi connectivity index (χ2v) is 5.94. The topological polar surface area (TPSA) is 57.6 Å². The van der Waals surface area contributed by atoms with Crippen LogP contribution in [0.3, 0.4) is 0 Å². The number of aromatic hydroxyl groups is 1. The van der Waals surface area contributed by atoms with Crippen molar-refractivity contribution >= 4 is 34.7 Å². The molecule has 1 fully saturated rings. The van der Waals surface area contributed by atoms with Crippen LogP contribution in [0, 0.1) is 6.92 Å². The monoisotopic (exact) mass is 311 g/mol. The Bertz CT molecular complexity index is 781. The van der Waals surface area contributed by atoms with E-state index in [4.69, 9.17) is 0 Å². The minimum absolute atomic E-state index is 0.0130. The number of rotatable bonds is 2. The normalized spacial score (nSPS) is 16.6. The summed E-state index contributed by atoms with van der Waals surface area (Å²) in [6.07, 6.45) is 1.70. The van der Waals surface area contributed by atoms with E-state index in [-0.39, 0.29) is 16.9 Å². The van der Waals surface area contributed by atoms with Crippen LogP contribution in [0.5, 0.6) is 5.75 Å². The van der Waals surface area contributed by atoms with Crippen LogP contribution >= 0.6 is 11.8 Å². The van der Waals surface area contributed by atoms with Crippen molar-refractivity contribution in [3.8, 4) is 5.75 Å². The van der Waals surface area contributed by atoms with E-state index in [2.05, 4.69) is 0 Å². The van der Waals surface area contributed by atoms with Gasteiger partial charge in [0.25, 0.3) is 11.1 Å². The predicted molar refractivity (Wildman–Crippen MR) is 87.7 cm³/mol. The molecule has 110 valence electrons. The van der Waals surface area contributed by atoms with Crippen LogP contribution in [0.2, 0.25) is 0 Å². The van der Waals surface area contributed by atoms with Gasteiger partial charge in [-0.3, -0.25) is 9.59 Å². The number of carbonyl (C=O) groups is 2. The molecule has 0 atom stereocenters. The number of hydrogen-bond acceptors (Lipinski definition) is 4. The molecular formula is C17H13NO3S. The summed E-state index contributed by atoms with van der Waals surface area (Å²) < 4.78 is 0. The summed E-state index contributed by atoms with van der Waals surface area (Å²) >= 11 is 0.898. The van der Waals surface area contributed by atoms with Crippen molar-refractivity contribution < 1.29 is 14.7 Å². The third-order valence-electron chi connectivity index (χ3n) is 3.26. The minimum atomic E-state index is -0.374. The van der Waals surface area contributed by atoms with Gasteiger partial charge >= 0.3 is 0 Å². The number of amides is 2. The average molecular weight is 311 g/mol. The van der Waals surface area contributed by atoms with Crippen LogP contribution in [0.15, 0.2) is 53.4 Å². The molecule has 22 heavy (non-hydrogen) atoms. The maximum atomic E-state index is 12.4. The zero-order chi connectivity index (χ0) is 15.7. The van der Waals surface area contributed by atoms with E-state index in [9.17, 15) is 14.7 Å². The Morgan fingerprint density at radius 3 is 2.50 bits per heavy atom. The Morgan fingerprint density at radius 2 is 1.82 bits per heavy atom. The smallest absolute Gasteiger partial charge is 0.298 e. The van der Waals surface area contributed by atoms with E-state index in [0.29, 0.717) is 10.6 Å². The number of thioether (sulfide) groups is 1. The van der Waals surface area contributed by atoms with Gasteiger partial charge in [-0.1, -0.05) is 35.9 Å². The van der Waals surface area contributed by atoms with Gasteiger partial charge in [-0.15, -0.1) is 0 Å². The fourth-order valence-electron chi connectivity index (χ4n) is 2.14. The van der Waals surface area contributed by atoms with Crippen molar-refractivity contribution in [2.75, 3.05) is 4.90 Å². The number of aryl methyl sites for hydroxylation is 1. The molecular weight excluding hydrogens is 298 g/mol. The molecule has 0 aliphatic carbocycles. The molecule has 0 spiro atoms. The zero-order valence-corrected chi connectivity index (χ0v) is 12.6. The van der Waals surface area contributed by atoms with Crippen molar-refractivity contribution in [2.45, 2.75) is 6.92 Å². The third-order valence-corrected chi connectivity index (χ3v) is 4.13. The summed E-state index contributed by atoms with van der Waals surface area (Å²) in [7, 11) is 0. The van der Waals surface area contributed by atoms with E-state index >= 15 is 0 Å². The number of carbonyl (C=O) groups excluding carboxylic acids is 2. The Kier molecular flexibility index (Phi) is 3.73. The molecule has 3 rings (SSSR count). The van der Waals surface area contributed by atoms with Crippen molar-refractivity contribution in [1.29, 1.82) is 0 Å². The van der Waals surface area contributed by atoms with Crippen molar-refractivity contribution in [2.24, 2.45) is 0 Å². The number of imide groups is 1. The molecule has 1 saturated heterocycles. The highest BCUT2D eigenvalue weighted by Crippen LogP contribution is 2.36. The summed E-state index contributed by atoms with van der Waals surface area (Å²) in [5.74, 6) is -0.361. The quantitative estimate of drug-likeness (QED) is 0.853. The van der Waals surface area contributed by atoms with Gasteiger partial charge in [-0.2, -0.15) is 0 Å². The predicted octanol–water partition coefficient (Wildman–Crippen LogP) is 3.94. The summed E-state index contributed by atoms with van der Waals surface area (Å²) in [5, 5.41) is 9.14. The molecule has 0 bridgehead atoms. The first-order chi connectivity index (χ1) is 10.5. The van der Waals surface area contributed by atoms with Gasteiger partial charge in [-0.25, -0.2) is 4.90 Å². The molecule has 5 heteroatoms. The summed E-state index contributed by atoms with van der Waals surface area (Å²) in [5.41, 5.74) is 2.37. The highest BCUT2D eigenvalue weighted by Gasteiger charge is 2.36. The van der Waals surface area contributed by atoms with Gasteiger partial charge in [-0.05, 0) is 42.5 Å². The molecule has 0 aromatic heterocycles. The van der Waals surface area contributed by atoms with E-state index < -0.39 is 0 Å². The third kappa shape index (κ3) is 2.76. The van der Waals surface area contributed by atoms with Gasteiger partial charge in [0.15, 0.2) is 0 Å². The average Bonchev–Trinajstić information content (AvgIpc) is 2.76. The Labute approximate surface area is 132 Å². The molecule has 1 heterocycles. The number of nitrogens with zero attached hydrogens (tertiary/aromatic N) is 1. The molecule has 1 aliphatic heterocycles. The zero-order valence-electron chi connectivity index (χ0n) is 11.8. The lowest BCUT2D eigenvalue weighted by molar-refractivity contribution is -0.113. The van der Waals surface area contributed by atoms with Gasteiger partial charge < -0.3 is 5.11 Å². The van der Waals surface area contributed by atoms with Gasteiger partial charge in [0.1, 0.15) is 5.75 Å². The Morgan fingerprint density at radius 1 is 1.09 bits per heavy atom. The van der Waals surface area contributed by atoms with Gasteiger partial charge in [0, 0.05) is 6.07 Å². The molecule has 1 N–H and O–H groups in total. The SMILES string of the molecule is Cc1ccc(/C=C2\SC(=O)N(c3cccc(O)c3)C2=O)cc1. The van der Waals surface area contributed by atoms with Crippen LogP contribution in [0.25, 0.3) is 6.08 Å². The summed E-state index contributed by atoms with van der Waals surface area (Å²) in [4.78, 5) is 26.0. The first kappa shape index (κ1) is 14.4. The highest BCUT2D eigenvalue weighted by molar-refractivity contribution is 8.19. The summed E-state index contributed by atoms with van der Waals surface area (Å²) in [6.45, 7) is 1.99. The fraction of sp³-hybridized carbons (Fsp3) is 0.0588. The first-order valence-corrected chi connectivity index (χ1v) is 7.50. The Hall–Kier alpha value is -2.53. The number of hydrogen-bond donors (Lipinski definition) is 1. The van der Waals surface area contributed by atoms with E-state index in [1.54, 1.807) is 18.2 Å². The van der Waals surface area contributed by atoms with Crippen LogP contribution in [0.4, 0.5) is 10.5 Å². The lowest BCUT2D eigenvalue weighted by Gasteiger charge is -2.12. The molecule has 2 aromatic rings. The van der Waals surface area contributed by atoms with E-state index in [1.807, 2.05) is 31.2 Å². The lowest BCUT2D eigenvalue weighted by Crippen LogP contribution is -2.27. The maximum Gasteiger partial charge on any atom is 0.298 e. The number of anilines is 1. The molecule has 4 nitrogen and oxygen atoms in total. The second kappa shape index (κ2) is 5.69. The molecule has 0 unspecified atom stereocenters. The van der Waals surface area contributed by atoms with Gasteiger partial charge in [0.2, 0.25) is 0 Å². The maximum absolute atomic E-state index is 12.4. The first-order valence-electron chi connectivity index (χ1n) is 6.68. The molecule has 0 saturated carbocycles. The minimum Gasteiger partial charge on any atom is -0.508 e. The van der Waals surface area contributed by atoms with Crippen LogP contribution in [0.1, 0.15) is 11.1 Å². The second-order valence-electron chi connectivity index (χ2n) is 4.95. The van der Waals surface area contributed by atoms with E-state index in [0.717, 1.165) is 27.8 Å². The molecule has 1 aliphatic rings. The molecule has 0 radical (unpaired) electrons. The number of benzene rings is 2. The Balaban J connectivity index is 1.93. The van der Waals surface area contributed by atoms with Crippen molar-refractivity contribution in [3.05, 3.63) is 64.6 Å². The fourth-order valence-corrected chi connectivity index (χ4v) is 2.98. The van der Waals surface area contributed by atoms with E-state index in [1.165, 1.54) is 12.1 Å². The number of phenolic OH excluding ortho intramolecular Hbond substituents is 1.